The van der Waals surface area contributed by atoms with Crippen molar-refractivity contribution in [3.63, 3.8) is 0 Å². The minimum atomic E-state index is 0.657. The van der Waals surface area contributed by atoms with Crippen molar-refractivity contribution < 1.29 is 0 Å². The molecular weight excluding hydrogens is 126 g/mol. The SMILES string of the molecule is [B]c1sccc1Cl. The van der Waals surface area contributed by atoms with Crippen molar-refractivity contribution in [1.29, 1.82) is 0 Å². The average Bonchev–Trinajstić information content (AvgIpc) is 1.91. The number of rotatable bonds is 0. The first-order valence-corrected chi connectivity index (χ1v) is 3.05. The first kappa shape index (κ1) is 5.20. The Morgan fingerprint density at radius 1 is 1.71 bits per heavy atom. The van der Waals surface area contributed by atoms with E-state index in [0.29, 0.717) is 9.80 Å². The molecule has 0 bridgehead atoms. The molecule has 0 saturated heterocycles. The lowest BCUT2D eigenvalue weighted by Gasteiger charge is -1.77. The number of halogens is 1. The van der Waals surface area contributed by atoms with E-state index in [1.165, 1.54) is 11.3 Å². The molecule has 0 atom stereocenters. The molecule has 0 aromatic carbocycles. The van der Waals surface area contributed by atoms with Crippen LogP contribution in [0.3, 0.4) is 0 Å². The number of hydrogen-bond donors (Lipinski definition) is 0. The Balaban J connectivity index is 3.12. The second-order valence-electron chi connectivity index (χ2n) is 1.13. The van der Waals surface area contributed by atoms with Gasteiger partial charge in [-0.15, -0.1) is 0 Å². The van der Waals surface area contributed by atoms with E-state index >= 15 is 0 Å². The molecular formula is C4H2BClS. The van der Waals surface area contributed by atoms with Gasteiger partial charge < -0.3 is 0 Å². The van der Waals surface area contributed by atoms with Crippen molar-refractivity contribution >= 4 is 35.6 Å². The fourth-order valence-electron chi connectivity index (χ4n) is 0.305. The van der Waals surface area contributed by atoms with Crippen molar-refractivity contribution in [2.24, 2.45) is 0 Å². The van der Waals surface area contributed by atoms with Crippen LogP contribution in [0.4, 0.5) is 0 Å². The van der Waals surface area contributed by atoms with Gasteiger partial charge in [-0.25, -0.2) is 0 Å². The predicted octanol–water partition coefficient (Wildman–Crippen LogP) is 1.20. The van der Waals surface area contributed by atoms with Crippen LogP contribution in [-0.2, 0) is 0 Å². The van der Waals surface area contributed by atoms with Crippen molar-refractivity contribution in [2.75, 3.05) is 0 Å². The molecule has 7 heavy (non-hydrogen) atoms. The molecule has 2 radical (unpaired) electrons. The van der Waals surface area contributed by atoms with E-state index in [1.54, 1.807) is 6.07 Å². The van der Waals surface area contributed by atoms with Crippen LogP contribution in [0, 0.1) is 0 Å². The summed E-state index contributed by atoms with van der Waals surface area (Å²) < 4.78 is 0.696. The minimum Gasteiger partial charge on any atom is -0.159 e. The first-order chi connectivity index (χ1) is 3.30. The van der Waals surface area contributed by atoms with Gasteiger partial charge in [-0.2, -0.15) is 11.3 Å². The van der Waals surface area contributed by atoms with Gasteiger partial charge in [-0.1, -0.05) is 11.6 Å². The Morgan fingerprint density at radius 2 is 2.43 bits per heavy atom. The Hall–Kier alpha value is 0.0549. The molecule has 0 aliphatic heterocycles. The molecule has 1 rings (SSSR count). The predicted molar refractivity (Wildman–Crippen MR) is 34.7 cm³/mol. The summed E-state index contributed by atoms with van der Waals surface area (Å²) in [5.74, 6) is 0. The van der Waals surface area contributed by atoms with Gasteiger partial charge in [0, 0.05) is 5.02 Å². The normalized spacial score (nSPS) is 9.29. The summed E-state index contributed by atoms with van der Waals surface area (Å²) >= 11 is 6.96. The van der Waals surface area contributed by atoms with Crippen LogP contribution in [0.1, 0.15) is 0 Å². The molecule has 0 fully saturated rings. The van der Waals surface area contributed by atoms with E-state index in [9.17, 15) is 0 Å². The van der Waals surface area contributed by atoms with Gasteiger partial charge in [0.25, 0.3) is 0 Å². The molecule has 1 heterocycles. The summed E-state index contributed by atoms with van der Waals surface area (Å²) in [6.45, 7) is 0. The highest BCUT2D eigenvalue weighted by Gasteiger charge is 1.89. The Bertz CT molecular complexity index is 144. The number of thiophene rings is 1. The first-order valence-electron chi connectivity index (χ1n) is 1.79. The molecule has 0 saturated carbocycles. The monoisotopic (exact) mass is 128 g/mol. The van der Waals surface area contributed by atoms with Gasteiger partial charge in [0.2, 0.25) is 0 Å². The van der Waals surface area contributed by atoms with Gasteiger partial charge in [0.1, 0.15) is 7.85 Å². The maximum atomic E-state index is 5.51. The van der Waals surface area contributed by atoms with Gasteiger partial charge >= 0.3 is 0 Å². The second kappa shape index (κ2) is 1.89. The van der Waals surface area contributed by atoms with Crippen LogP contribution in [0.25, 0.3) is 0 Å². The lowest BCUT2D eigenvalue weighted by molar-refractivity contribution is 2.05. The van der Waals surface area contributed by atoms with Gasteiger partial charge in [-0.05, 0) is 16.2 Å². The maximum Gasteiger partial charge on any atom is 0.130 e. The molecule has 3 heteroatoms. The zero-order chi connectivity index (χ0) is 5.28. The van der Waals surface area contributed by atoms with E-state index in [-0.39, 0.29) is 0 Å². The fourth-order valence-corrected chi connectivity index (χ4v) is 1.11. The van der Waals surface area contributed by atoms with Gasteiger partial charge in [0.15, 0.2) is 0 Å². The van der Waals surface area contributed by atoms with Crippen LogP contribution in [-0.4, -0.2) is 7.85 Å². The van der Waals surface area contributed by atoms with Crippen molar-refractivity contribution in [3.8, 4) is 0 Å². The molecule has 0 unspecified atom stereocenters. The van der Waals surface area contributed by atoms with Gasteiger partial charge in [-0.3, -0.25) is 0 Å². The summed E-state index contributed by atoms with van der Waals surface area (Å²) in [6, 6.07) is 1.78. The summed E-state index contributed by atoms with van der Waals surface area (Å²) in [5.41, 5.74) is 0. The summed E-state index contributed by atoms with van der Waals surface area (Å²) in [4.78, 5) is 0. The maximum absolute atomic E-state index is 5.51. The van der Waals surface area contributed by atoms with Crippen LogP contribution < -0.4 is 4.78 Å². The summed E-state index contributed by atoms with van der Waals surface area (Å²) in [5, 5.41) is 2.52. The summed E-state index contributed by atoms with van der Waals surface area (Å²) in [7, 11) is 5.33. The van der Waals surface area contributed by atoms with Crippen molar-refractivity contribution in [3.05, 3.63) is 16.5 Å². The average molecular weight is 128 g/mol. The molecule has 0 aliphatic rings. The highest BCUT2D eigenvalue weighted by atomic mass is 35.5. The Kier molecular flexibility index (Phi) is 1.40. The molecule has 0 spiro atoms. The zero-order valence-electron chi connectivity index (χ0n) is 3.52. The minimum absolute atomic E-state index is 0.657. The Labute approximate surface area is 52.5 Å². The molecule has 34 valence electrons. The third-order valence-corrected chi connectivity index (χ3v) is 1.83. The van der Waals surface area contributed by atoms with Crippen molar-refractivity contribution in [2.45, 2.75) is 0 Å². The topological polar surface area (TPSA) is 0 Å². The Morgan fingerprint density at radius 3 is 2.57 bits per heavy atom. The fraction of sp³-hybridized carbons (Fsp3) is 0. The standard InChI is InChI=1S/C4H2BClS/c5-4-3(6)1-2-7-4/h1-2H. The zero-order valence-corrected chi connectivity index (χ0v) is 5.09. The third-order valence-electron chi connectivity index (χ3n) is 0.645. The lowest BCUT2D eigenvalue weighted by Crippen LogP contribution is -1.92. The van der Waals surface area contributed by atoms with Crippen LogP contribution in [0.15, 0.2) is 11.4 Å². The van der Waals surface area contributed by atoms with Crippen LogP contribution >= 0.6 is 22.9 Å². The molecule has 0 amide bonds. The molecule has 1 aromatic heterocycles. The van der Waals surface area contributed by atoms with E-state index in [2.05, 4.69) is 0 Å². The highest BCUT2D eigenvalue weighted by molar-refractivity contribution is 7.19. The van der Waals surface area contributed by atoms with E-state index < -0.39 is 0 Å². The van der Waals surface area contributed by atoms with E-state index in [1.807, 2.05) is 5.38 Å². The second-order valence-corrected chi connectivity index (χ2v) is 2.49. The smallest absolute Gasteiger partial charge is 0.130 e. The quantitative estimate of drug-likeness (QED) is 0.461. The highest BCUT2D eigenvalue weighted by Crippen LogP contribution is 2.06. The largest absolute Gasteiger partial charge is 0.159 e. The van der Waals surface area contributed by atoms with Crippen LogP contribution in [0.2, 0.25) is 5.02 Å². The summed E-state index contributed by atoms with van der Waals surface area (Å²) in [6.07, 6.45) is 0. The van der Waals surface area contributed by atoms with Crippen molar-refractivity contribution in [1.82, 2.24) is 0 Å². The molecule has 0 N–H and O–H groups in total. The molecule has 1 aromatic rings. The van der Waals surface area contributed by atoms with E-state index in [0.717, 1.165) is 0 Å². The lowest BCUT2D eigenvalue weighted by atomic mass is 10.1. The van der Waals surface area contributed by atoms with Crippen LogP contribution in [0.5, 0.6) is 0 Å². The number of hydrogen-bond acceptors (Lipinski definition) is 1. The van der Waals surface area contributed by atoms with E-state index in [4.69, 9.17) is 19.4 Å². The molecule has 0 aliphatic carbocycles. The third kappa shape index (κ3) is 0.985. The molecule has 0 nitrogen and oxygen atoms in total. The van der Waals surface area contributed by atoms with Gasteiger partial charge in [0.05, 0.1) is 0 Å².